The van der Waals surface area contributed by atoms with E-state index < -0.39 is 0 Å². The highest BCUT2D eigenvalue weighted by atomic mass is 35.5. The zero-order valence-corrected chi connectivity index (χ0v) is 17.6. The van der Waals surface area contributed by atoms with Gasteiger partial charge in [0, 0.05) is 10.6 Å². The number of H-pyrrole nitrogens is 1. The van der Waals surface area contributed by atoms with Crippen molar-refractivity contribution in [2.45, 2.75) is 12.6 Å². The number of carbonyl (C=O) groups is 1. The lowest BCUT2D eigenvalue weighted by Crippen LogP contribution is -2.32. The molecule has 2 heterocycles. The van der Waals surface area contributed by atoms with Gasteiger partial charge in [0.25, 0.3) is 0 Å². The van der Waals surface area contributed by atoms with Gasteiger partial charge < -0.3 is 10.3 Å². The molecule has 0 aliphatic heterocycles. The van der Waals surface area contributed by atoms with Gasteiger partial charge in [0.15, 0.2) is 0 Å². The fourth-order valence-corrected chi connectivity index (χ4v) is 3.62. The molecular weight excluding hydrogens is 426 g/mol. The van der Waals surface area contributed by atoms with Gasteiger partial charge in [-0.05, 0) is 52.7 Å². The second-order valence-corrected chi connectivity index (χ2v) is 7.68. The first-order chi connectivity index (χ1) is 15.7. The maximum atomic E-state index is 12.9. The Hall–Kier alpha value is -4.04. The van der Waals surface area contributed by atoms with E-state index in [9.17, 15) is 4.79 Å². The van der Waals surface area contributed by atoms with Crippen molar-refractivity contribution >= 4 is 28.5 Å². The van der Waals surface area contributed by atoms with Gasteiger partial charge in [-0.15, -0.1) is 10.2 Å². The zero-order chi connectivity index (χ0) is 21.9. The Morgan fingerprint density at radius 1 is 1.03 bits per heavy atom. The Kier molecular flexibility index (Phi) is 5.35. The van der Waals surface area contributed by atoms with Crippen LogP contribution >= 0.6 is 11.6 Å². The molecule has 2 N–H and O–H groups in total. The quantitative estimate of drug-likeness (QED) is 0.416. The van der Waals surface area contributed by atoms with Crippen LogP contribution in [0.2, 0.25) is 5.02 Å². The number of halogens is 1. The minimum Gasteiger partial charge on any atom is -0.345 e. The van der Waals surface area contributed by atoms with Gasteiger partial charge in [-0.2, -0.15) is 4.80 Å². The number of fused-ring (bicyclic) bond motifs is 1. The summed E-state index contributed by atoms with van der Waals surface area (Å²) in [5, 5.41) is 16.1. The summed E-state index contributed by atoms with van der Waals surface area (Å²) in [7, 11) is 0. The molecule has 0 saturated carbocycles. The summed E-state index contributed by atoms with van der Waals surface area (Å²) in [6.45, 7) is -0.0593. The largest absolute Gasteiger partial charge is 0.345 e. The van der Waals surface area contributed by atoms with Crippen LogP contribution in [0.4, 0.5) is 0 Å². The summed E-state index contributed by atoms with van der Waals surface area (Å²) < 4.78 is 0. The molecule has 8 nitrogen and oxygen atoms in total. The number of tetrazole rings is 1. The van der Waals surface area contributed by atoms with Crippen molar-refractivity contribution in [3.63, 3.8) is 0 Å². The molecule has 1 unspecified atom stereocenters. The molecule has 3 aromatic carbocycles. The standard InChI is InChI=1S/C23H18ClN7O/c24-18-9-6-16(7-10-18)23-28-30-31(29-23)13-21(32)27-22(15-4-2-1-3-5-15)17-8-11-19-20(12-17)26-14-25-19/h1-12,14,22H,13H2,(H,25,26)(H,27,32). The average molecular weight is 444 g/mol. The number of amides is 1. The van der Waals surface area contributed by atoms with Crippen LogP contribution in [0.1, 0.15) is 17.2 Å². The van der Waals surface area contributed by atoms with Gasteiger partial charge in [0.2, 0.25) is 11.7 Å². The molecule has 158 valence electrons. The summed E-state index contributed by atoms with van der Waals surface area (Å²) in [5.74, 6) is 0.197. The van der Waals surface area contributed by atoms with E-state index >= 15 is 0 Å². The molecule has 5 aromatic rings. The fraction of sp³-hybridized carbons (Fsp3) is 0.0870. The van der Waals surface area contributed by atoms with Gasteiger partial charge in [-0.3, -0.25) is 4.79 Å². The molecular formula is C23H18ClN7O. The normalized spacial score (nSPS) is 12.0. The van der Waals surface area contributed by atoms with Crippen LogP contribution in [0.25, 0.3) is 22.4 Å². The maximum absolute atomic E-state index is 12.9. The molecule has 32 heavy (non-hydrogen) atoms. The van der Waals surface area contributed by atoms with E-state index in [0.29, 0.717) is 10.8 Å². The minimum absolute atomic E-state index is 0.0593. The van der Waals surface area contributed by atoms with Crippen LogP contribution in [0.3, 0.4) is 0 Å². The maximum Gasteiger partial charge on any atom is 0.244 e. The van der Waals surface area contributed by atoms with E-state index in [1.807, 2.05) is 48.5 Å². The van der Waals surface area contributed by atoms with Crippen molar-refractivity contribution in [2.75, 3.05) is 0 Å². The minimum atomic E-state index is -0.337. The third kappa shape index (κ3) is 4.21. The molecule has 9 heteroatoms. The van der Waals surface area contributed by atoms with Gasteiger partial charge in [-0.1, -0.05) is 48.0 Å². The van der Waals surface area contributed by atoms with Gasteiger partial charge in [0.05, 0.1) is 23.4 Å². The van der Waals surface area contributed by atoms with Crippen molar-refractivity contribution < 1.29 is 4.79 Å². The molecule has 0 fully saturated rings. The van der Waals surface area contributed by atoms with Gasteiger partial charge in [0.1, 0.15) is 6.54 Å². The van der Waals surface area contributed by atoms with Crippen LogP contribution in [-0.2, 0) is 11.3 Å². The molecule has 1 atom stereocenters. The molecule has 1 amide bonds. The van der Waals surface area contributed by atoms with E-state index in [0.717, 1.165) is 27.7 Å². The summed E-state index contributed by atoms with van der Waals surface area (Å²) in [6.07, 6.45) is 1.65. The topological polar surface area (TPSA) is 101 Å². The van der Waals surface area contributed by atoms with Crippen molar-refractivity contribution in [3.8, 4) is 11.4 Å². The number of imidazole rings is 1. The smallest absolute Gasteiger partial charge is 0.244 e. The first kappa shape index (κ1) is 19.9. The van der Waals surface area contributed by atoms with Crippen LogP contribution in [0.15, 0.2) is 79.1 Å². The number of aromatic nitrogens is 6. The lowest BCUT2D eigenvalue weighted by atomic mass is 9.98. The number of hydrogen-bond acceptors (Lipinski definition) is 5. The molecule has 0 aliphatic rings. The van der Waals surface area contributed by atoms with E-state index in [1.165, 1.54) is 4.80 Å². The van der Waals surface area contributed by atoms with E-state index in [4.69, 9.17) is 11.6 Å². The van der Waals surface area contributed by atoms with Crippen LogP contribution < -0.4 is 5.32 Å². The van der Waals surface area contributed by atoms with E-state index in [-0.39, 0.29) is 18.5 Å². The SMILES string of the molecule is O=C(Cn1nnc(-c2ccc(Cl)cc2)n1)NC(c1ccccc1)c1ccc2nc[nH]c2c1. The summed E-state index contributed by atoms with van der Waals surface area (Å²) in [6, 6.07) is 22.5. The van der Waals surface area contributed by atoms with Crippen molar-refractivity contribution in [1.82, 2.24) is 35.5 Å². The predicted octanol–water partition coefficient (Wildman–Crippen LogP) is 3.78. The molecule has 0 aliphatic carbocycles. The Morgan fingerprint density at radius 2 is 1.84 bits per heavy atom. The lowest BCUT2D eigenvalue weighted by Gasteiger charge is -2.20. The number of rotatable bonds is 6. The first-order valence-corrected chi connectivity index (χ1v) is 10.3. The molecule has 0 saturated heterocycles. The van der Waals surface area contributed by atoms with Crippen molar-refractivity contribution in [1.29, 1.82) is 0 Å². The lowest BCUT2D eigenvalue weighted by molar-refractivity contribution is -0.122. The number of aromatic amines is 1. The average Bonchev–Trinajstić information content (AvgIpc) is 3.47. The second-order valence-electron chi connectivity index (χ2n) is 7.24. The number of nitrogens with zero attached hydrogens (tertiary/aromatic N) is 5. The molecule has 0 spiro atoms. The van der Waals surface area contributed by atoms with E-state index in [2.05, 4.69) is 30.7 Å². The van der Waals surface area contributed by atoms with Crippen LogP contribution in [0, 0.1) is 0 Å². The van der Waals surface area contributed by atoms with Gasteiger partial charge >= 0.3 is 0 Å². The Morgan fingerprint density at radius 3 is 2.66 bits per heavy atom. The summed E-state index contributed by atoms with van der Waals surface area (Å²) in [5.41, 5.74) is 4.45. The third-order valence-electron chi connectivity index (χ3n) is 5.06. The highest BCUT2D eigenvalue weighted by Gasteiger charge is 2.19. The van der Waals surface area contributed by atoms with Gasteiger partial charge in [-0.25, -0.2) is 4.98 Å². The molecule has 5 rings (SSSR count). The number of carbonyl (C=O) groups excluding carboxylic acids is 1. The number of hydrogen-bond donors (Lipinski definition) is 2. The zero-order valence-electron chi connectivity index (χ0n) is 16.8. The van der Waals surface area contributed by atoms with Crippen LogP contribution in [-0.4, -0.2) is 36.1 Å². The Labute approximate surface area is 188 Å². The Balaban J connectivity index is 1.37. The number of nitrogens with one attached hydrogen (secondary N) is 2. The van der Waals surface area contributed by atoms with Crippen molar-refractivity contribution in [2.24, 2.45) is 0 Å². The monoisotopic (exact) mass is 443 g/mol. The van der Waals surface area contributed by atoms with E-state index in [1.54, 1.807) is 30.6 Å². The third-order valence-corrected chi connectivity index (χ3v) is 5.31. The first-order valence-electron chi connectivity index (χ1n) is 9.97. The summed E-state index contributed by atoms with van der Waals surface area (Å²) >= 11 is 5.93. The molecule has 0 radical (unpaired) electrons. The Bertz CT molecular complexity index is 1360. The molecule has 0 bridgehead atoms. The predicted molar refractivity (Wildman–Crippen MR) is 121 cm³/mol. The molecule has 2 aromatic heterocycles. The fourth-order valence-electron chi connectivity index (χ4n) is 3.50. The summed E-state index contributed by atoms with van der Waals surface area (Å²) in [4.78, 5) is 21.6. The highest BCUT2D eigenvalue weighted by Crippen LogP contribution is 2.24. The number of benzene rings is 3. The highest BCUT2D eigenvalue weighted by molar-refractivity contribution is 6.30. The van der Waals surface area contributed by atoms with Crippen LogP contribution in [0.5, 0.6) is 0 Å². The van der Waals surface area contributed by atoms with Crippen molar-refractivity contribution in [3.05, 3.63) is 95.3 Å². The second kappa shape index (κ2) is 8.60.